The van der Waals surface area contributed by atoms with Crippen LogP contribution >= 0.6 is 0 Å². The van der Waals surface area contributed by atoms with Crippen LogP contribution in [0.5, 0.6) is 11.5 Å². The summed E-state index contributed by atoms with van der Waals surface area (Å²) in [6.07, 6.45) is 2.74. The molecular formula is C25H36N4O2. The number of hydrogen-bond acceptors (Lipinski definition) is 6. The zero-order chi connectivity index (χ0) is 22.9. The number of rotatable bonds is 7. The fourth-order valence-corrected chi connectivity index (χ4v) is 2.64. The van der Waals surface area contributed by atoms with Gasteiger partial charge in [0.15, 0.2) is 0 Å². The highest BCUT2D eigenvalue weighted by Gasteiger charge is 1.92. The largest absolute Gasteiger partial charge is 0.508 e. The Hall–Kier alpha value is -3.06. The molecule has 0 heterocycles. The van der Waals surface area contributed by atoms with Crippen molar-refractivity contribution in [2.75, 3.05) is 32.5 Å². The summed E-state index contributed by atoms with van der Waals surface area (Å²) in [5.74, 6) is 1.20. The van der Waals surface area contributed by atoms with Crippen molar-refractivity contribution in [2.24, 2.45) is 17.2 Å². The number of methoxy groups -OCH3 is 1. The first-order chi connectivity index (χ1) is 15.0. The number of nitrogens with two attached hydrogens (primary N) is 4. The number of hydrogen-bond donors (Lipinski definition) is 5. The second-order valence-corrected chi connectivity index (χ2v) is 6.87. The molecule has 0 fully saturated rings. The zero-order valence-corrected chi connectivity index (χ0v) is 18.3. The van der Waals surface area contributed by atoms with Crippen LogP contribution in [0.1, 0.15) is 16.7 Å². The minimum Gasteiger partial charge on any atom is -0.508 e. The predicted octanol–water partition coefficient (Wildman–Crippen LogP) is 2.86. The topological polar surface area (TPSA) is 134 Å². The molecule has 3 aromatic carbocycles. The van der Waals surface area contributed by atoms with E-state index in [1.807, 2.05) is 60.7 Å². The van der Waals surface area contributed by atoms with Gasteiger partial charge in [-0.1, -0.05) is 36.4 Å². The van der Waals surface area contributed by atoms with Crippen molar-refractivity contribution in [1.82, 2.24) is 0 Å². The maximum Gasteiger partial charge on any atom is 0.118 e. The minimum absolute atomic E-state index is 0.306. The molecule has 0 saturated heterocycles. The first-order valence-corrected chi connectivity index (χ1v) is 10.4. The molecule has 0 atom stereocenters. The quantitative estimate of drug-likeness (QED) is 0.370. The molecule has 168 valence electrons. The summed E-state index contributed by atoms with van der Waals surface area (Å²) in [5, 5.41) is 8.89. The lowest BCUT2D eigenvalue weighted by Gasteiger charge is -2.00. The van der Waals surface area contributed by atoms with Crippen LogP contribution in [0.25, 0.3) is 0 Å². The molecular weight excluding hydrogens is 388 g/mol. The van der Waals surface area contributed by atoms with Crippen LogP contribution in [0.4, 0.5) is 5.69 Å². The van der Waals surface area contributed by atoms with Gasteiger partial charge in [0.2, 0.25) is 0 Å². The van der Waals surface area contributed by atoms with Crippen molar-refractivity contribution in [3.05, 3.63) is 89.5 Å². The standard InChI is InChI=1S/C9H13NO.C8H12N2.C8H11NO/c1-11-9-4-2-8(3-5-9)6-7-10;2*9-6-5-7-1-3-8(10)4-2-7/h2-5H,6-7,10H2,1H3;1-4H,5-6,9-10H2;1-4,10H,5-6,9H2. The van der Waals surface area contributed by atoms with Gasteiger partial charge in [0.05, 0.1) is 7.11 Å². The monoisotopic (exact) mass is 424 g/mol. The average molecular weight is 425 g/mol. The van der Waals surface area contributed by atoms with Crippen LogP contribution in [0.15, 0.2) is 72.8 Å². The molecule has 3 rings (SSSR count). The maximum absolute atomic E-state index is 8.89. The summed E-state index contributed by atoms with van der Waals surface area (Å²) in [4.78, 5) is 0. The summed E-state index contributed by atoms with van der Waals surface area (Å²) < 4.78 is 5.02. The first-order valence-electron chi connectivity index (χ1n) is 10.4. The number of phenolic OH excluding ortho intramolecular Hbond substituents is 1. The molecule has 0 aromatic heterocycles. The lowest BCUT2D eigenvalue weighted by Crippen LogP contribution is -2.02. The van der Waals surface area contributed by atoms with E-state index in [0.29, 0.717) is 25.4 Å². The van der Waals surface area contributed by atoms with Crippen molar-refractivity contribution in [3.8, 4) is 11.5 Å². The van der Waals surface area contributed by atoms with E-state index in [4.69, 9.17) is 32.8 Å². The second kappa shape index (κ2) is 15.7. The molecule has 0 spiro atoms. The number of ether oxygens (including phenoxy) is 1. The third-order valence-electron chi connectivity index (χ3n) is 4.37. The van der Waals surface area contributed by atoms with Crippen molar-refractivity contribution in [2.45, 2.75) is 19.3 Å². The maximum atomic E-state index is 8.89. The third kappa shape index (κ3) is 11.6. The van der Waals surface area contributed by atoms with Crippen LogP contribution < -0.4 is 27.7 Å². The average Bonchev–Trinajstić information content (AvgIpc) is 2.79. The Morgan fingerprint density at radius 2 is 0.968 bits per heavy atom. The predicted molar refractivity (Wildman–Crippen MR) is 130 cm³/mol. The molecule has 6 heteroatoms. The fourth-order valence-electron chi connectivity index (χ4n) is 2.64. The van der Waals surface area contributed by atoms with E-state index in [0.717, 1.165) is 30.7 Å². The molecule has 0 aliphatic heterocycles. The van der Waals surface area contributed by atoms with Gasteiger partial charge in [0, 0.05) is 5.69 Å². The van der Waals surface area contributed by atoms with Gasteiger partial charge >= 0.3 is 0 Å². The highest BCUT2D eigenvalue weighted by molar-refractivity contribution is 5.39. The van der Waals surface area contributed by atoms with E-state index in [9.17, 15) is 0 Å². The molecule has 0 aliphatic carbocycles. The van der Waals surface area contributed by atoms with E-state index in [1.54, 1.807) is 19.2 Å². The van der Waals surface area contributed by atoms with Crippen LogP contribution in [-0.4, -0.2) is 31.9 Å². The smallest absolute Gasteiger partial charge is 0.118 e. The Kier molecular flexibility index (Phi) is 13.2. The molecule has 0 saturated carbocycles. The summed E-state index contributed by atoms with van der Waals surface area (Å²) >= 11 is 0. The highest BCUT2D eigenvalue weighted by atomic mass is 16.5. The van der Waals surface area contributed by atoms with Gasteiger partial charge in [0.1, 0.15) is 11.5 Å². The second-order valence-electron chi connectivity index (χ2n) is 6.87. The Bertz CT molecular complexity index is 772. The first kappa shape index (κ1) is 26.0. The number of aromatic hydroxyl groups is 1. The van der Waals surface area contributed by atoms with Crippen LogP contribution in [0, 0.1) is 0 Å². The van der Waals surface area contributed by atoms with Crippen molar-refractivity contribution in [3.63, 3.8) is 0 Å². The van der Waals surface area contributed by atoms with Gasteiger partial charge < -0.3 is 32.8 Å². The van der Waals surface area contributed by atoms with Gasteiger partial charge in [-0.2, -0.15) is 0 Å². The van der Waals surface area contributed by atoms with E-state index >= 15 is 0 Å². The number of nitrogen functional groups attached to an aromatic ring is 1. The van der Waals surface area contributed by atoms with Gasteiger partial charge in [0.25, 0.3) is 0 Å². The normalized spacial score (nSPS) is 9.68. The van der Waals surface area contributed by atoms with E-state index < -0.39 is 0 Å². The Morgan fingerprint density at radius 3 is 1.32 bits per heavy atom. The number of phenols is 1. The Morgan fingerprint density at radius 1 is 0.613 bits per heavy atom. The van der Waals surface area contributed by atoms with Gasteiger partial charge in [-0.05, 0) is 92.0 Å². The highest BCUT2D eigenvalue weighted by Crippen LogP contribution is 2.11. The van der Waals surface area contributed by atoms with Crippen molar-refractivity contribution < 1.29 is 9.84 Å². The fraction of sp³-hybridized carbons (Fsp3) is 0.280. The molecule has 9 N–H and O–H groups in total. The minimum atomic E-state index is 0.306. The van der Waals surface area contributed by atoms with Crippen molar-refractivity contribution in [1.29, 1.82) is 0 Å². The van der Waals surface area contributed by atoms with Crippen LogP contribution in [0.3, 0.4) is 0 Å². The molecule has 31 heavy (non-hydrogen) atoms. The molecule has 0 bridgehead atoms. The van der Waals surface area contributed by atoms with E-state index in [-0.39, 0.29) is 0 Å². The van der Waals surface area contributed by atoms with E-state index in [2.05, 4.69) is 0 Å². The molecule has 0 aliphatic rings. The molecule has 0 amide bonds. The zero-order valence-electron chi connectivity index (χ0n) is 18.3. The third-order valence-corrected chi connectivity index (χ3v) is 4.37. The summed E-state index contributed by atoms with van der Waals surface area (Å²) in [5.41, 5.74) is 26.1. The van der Waals surface area contributed by atoms with Gasteiger partial charge in [-0.15, -0.1) is 0 Å². The number of benzene rings is 3. The van der Waals surface area contributed by atoms with Crippen LogP contribution in [-0.2, 0) is 19.3 Å². The number of anilines is 1. The lowest BCUT2D eigenvalue weighted by atomic mass is 10.1. The Labute approximate surface area is 185 Å². The van der Waals surface area contributed by atoms with Gasteiger partial charge in [-0.3, -0.25) is 0 Å². The Balaban J connectivity index is 0.000000233. The van der Waals surface area contributed by atoms with Gasteiger partial charge in [-0.25, -0.2) is 0 Å². The molecule has 6 nitrogen and oxygen atoms in total. The summed E-state index contributed by atoms with van der Waals surface area (Å²) in [6, 6.07) is 22.9. The molecule has 0 radical (unpaired) electrons. The SMILES string of the molecule is COc1ccc(CCN)cc1.NCCc1ccc(N)cc1.NCCc1ccc(O)cc1. The van der Waals surface area contributed by atoms with Crippen LogP contribution in [0.2, 0.25) is 0 Å². The molecule has 3 aromatic rings. The summed E-state index contributed by atoms with van der Waals surface area (Å²) in [7, 11) is 1.66. The van der Waals surface area contributed by atoms with E-state index in [1.165, 1.54) is 16.7 Å². The lowest BCUT2D eigenvalue weighted by molar-refractivity contribution is 0.414. The molecule has 0 unspecified atom stereocenters. The van der Waals surface area contributed by atoms with Crippen molar-refractivity contribution >= 4 is 5.69 Å². The summed E-state index contributed by atoms with van der Waals surface area (Å²) in [6.45, 7) is 2.06.